The van der Waals surface area contributed by atoms with Crippen molar-refractivity contribution in [3.05, 3.63) is 70.8 Å². The number of imide groups is 1. The first-order valence-electron chi connectivity index (χ1n) is 10.7. The maximum absolute atomic E-state index is 13.0. The topological polar surface area (TPSA) is 92.8 Å². The lowest BCUT2D eigenvalue weighted by Crippen LogP contribution is -2.33. The quantitative estimate of drug-likeness (QED) is 0.412. The van der Waals surface area contributed by atoms with Gasteiger partial charge in [-0.15, -0.1) is 0 Å². The van der Waals surface area contributed by atoms with Gasteiger partial charge in [-0.05, 0) is 61.6 Å². The van der Waals surface area contributed by atoms with Crippen molar-refractivity contribution in [1.29, 1.82) is 0 Å². The summed E-state index contributed by atoms with van der Waals surface area (Å²) in [6, 6.07) is 12.8. The molecule has 5 rings (SSSR count). The fourth-order valence-corrected chi connectivity index (χ4v) is 5.42. The largest absolute Gasteiger partial charge is 0.452 e. The molecule has 1 saturated carbocycles. The fourth-order valence-electron chi connectivity index (χ4n) is 5.24. The van der Waals surface area contributed by atoms with Crippen LogP contribution in [0, 0.1) is 23.7 Å². The molecule has 4 atom stereocenters. The van der Waals surface area contributed by atoms with Gasteiger partial charge in [0, 0.05) is 0 Å². The molecular weight excluding hydrogens is 444 g/mol. The molecule has 1 saturated heterocycles. The number of nitrogens with zero attached hydrogens (tertiary/aromatic N) is 1. The number of benzene rings is 2. The lowest BCUT2D eigenvalue weighted by atomic mass is 9.82. The zero-order valence-electron chi connectivity index (χ0n) is 17.8. The van der Waals surface area contributed by atoms with Crippen LogP contribution in [-0.2, 0) is 19.1 Å². The third-order valence-electron chi connectivity index (χ3n) is 6.72. The van der Waals surface area contributed by atoms with E-state index < -0.39 is 18.5 Å². The molecule has 168 valence electrons. The summed E-state index contributed by atoms with van der Waals surface area (Å²) in [5.74, 6) is -1.85. The Kier molecular flexibility index (Phi) is 5.29. The third-order valence-corrected chi connectivity index (χ3v) is 7.05. The van der Waals surface area contributed by atoms with Crippen LogP contribution in [0.25, 0.3) is 0 Å². The van der Waals surface area contributed by atoms with Crippen LogP contribution in [0.2, 0.25) is 5.02 Å². The van der Waals surface area contributed by atoms with E-state index in [0.717, 1.165) is 6.42 Å². The van der Waals surface area contributed by atoms with E-state index in [1.54, 1.807) is 36.4 Å². The highest BCUT2D eigenvalue weighted by Crippen LogP contribution is 2.55. The lowest BCUT2D eigenvalue weighted by Gasteiger charge is -2.19. The molecule has 0 aromatic heterocycles. The standard InChI is InChI=1S/C25H21ClN2O5/c1-13-10-15-11-17(13)22-21(15)23(30)28(24(22)31)16-8-6-14(7-9-16)25(32)33-12-20(29)27-19-5-3-2-4-18(19)26/h2-10,15,17,21-22H,11-12H2,1H3,(H,27,29)/t15-,17+,21-,22-/m0/s1. The van der Waals surface area contributed by atoms with Crippen LogP contribution in [0.3, 0.4) is 0 Å². The zero-order valence-corrected chi connectivity index (χ0v) is 18.5. The second kappa shape index (κ2) is 8.15. The van der Waals surface area contributed by atoms with Crippen molar-refractivity contribution in [3.8, 4) is 0 Å². The number of ether oxygens (including phenoxy) is 1. The number of amides is 3. The molecule has 0 spiro atoms. The zero-order chi connectivity index (χ0) is 23.3. The molecule has 3 aliphatic rings. The van der Waals surface area contributed by atoms with Gasteiger partial charge < -0.3 is 10.1 Å². The number of fused-ring (bicyclic) bond motifs is 5. The van der Waals surface area contributed by atoms with Gasteiger partial charge in [0.05, 0.1) is 33.8 Å². The first-order valence-corrected chi connectivity index (χ1v) is 11.1. The van der Waals surface area contributed by atoms with Gasteiger partial charge in [-0.1, -0.05) is 35.4 Å². The summed E-state index contributed by atoms with van der Waals surface area (Å²) in [4.78, 5) is 51.7. The number of carbonyl (C=O) groups excluding carboxylic acids is 4. The monoisotopic (exact) mass is 464 g/mol. The van der Waals surface area contributed by atoms with Gasteiger partial charge in [0.25, 0.3) is 5.91 Å². The Morgan fingerprint density at radius 3 is 2.48 bits per heavy atom. The van der Waals surface area contributed by atoms with Crippen molar-refractivity contribution in [2.45, 2.75) is 13.3 Å². The van der Waals surface area contributed by atoms with Crippen molar-refractivity contribution in [3.63, 3.8) is 0 Å². The predicted molar refractivity (Wildman–Crippen MR) is 122 cm³/mol. The molecule has 2 aliphatic carbocycles. The average molecular weight is 465 g/mol. The van der Waals surface area contributed by atoms with Gasteiger partial charge in [-0.25, -0.2) is 4.79 Å². The number of anilines is 2. The second-order valence-electron chi connectivity index (χ2n) is 8.63. The fraction of sp³-hybridized carbons (Fsp3) is 0.280. The van der Waals surface area contributed by atoms with Crippen LogP contribution in [0.4, 0.5) is 11.4 Å². The van der Waals surface area contributed by atoms with Crippen LogP contribution in [0.1, 0.15) is 23.7 Å². The maximum Gasteiger partial charge on any atom is 0.338 e. The summed E-state index contributed by atoms with van der Waals surface area (Å²) in [5.41, 5.74) is 2.26. The van der Waals surface area contributed by atoms with E-state index in [0.29, 0.717) is 16.4 Å². The Bertz CT molecular complexity index is 1210. The molecule has 1 N–H and O–H groups in total. The molecule has 1 heterocycles. The Balaban J connectivity index is 1.22. The molecule has 2 fully saturated rings. The summed E-state index contributed by atoms with van der Waals surface area (Å²) >= 11 is 6.00. The summed E-state index contributed by atoms with van der Waals surface area (Å²) < 4.78 is 5.07. The number of rotatable bonds is 5. The molecule has 0 unspecified atom stereocenters. The average Bonchev–Trinajstić information content (AvgIpc) is 3.44. The van der Waals surface area contributed by atoms with Gasteiger partial charge in [0.1, 0.15) is 0 Å². The van der Waals surface area contributed by atoms with Gasteiger partial charge in [-0.3, -0.25) is 19.3 Å². The normalized spacial score (nSPS) is 25.2. The molecule has 33 heavy (non-hydrogen) atoms. The summed E-state index contributed by atoms with van der Waals surface area (Å²) in [5, 5.41) is 2.95. The van der Waals surface area contributed by atoms with Crippen LogP contribution >= 0.6 is 11.6 Å². The highest BCUT2D eigenvalue weighted by Gasteiger charge is 2.60. The van der Waals surface area contributed by atoms with Crippen molar-refractivity contribution in [2.24, 2.45) is 23.7 Å². The first-order chi connectivity index (χ1) is 15.8. The third kappa shape index (κ3) is 3.62. The number of hydrogen-bond donors (Lipinski definition) is 1. The van der Waals surface area contributed by atoms with E-state index in [-0.39, 0.29) is 41.0 Å². The Labute approximate surface area is 195 Å². The van der Waals surface area contributed by atoms with Crippen LogP contribution in [0.5, 0.6) is 0 Å². The number of allylic oxidation sites excluding steroid dienone is 2. The molecule has 2 bridgehead atoms. The van der Waals surface area contributed by atoms with Crippen LogP contribution in [0.15, 0.2) is 60.2 Å². The smallest absolute Gasteiger partial charge is 0.338 e. The number of nitrogens with one attached hydrogen (secondary N) is 1. The minimum atomic E-state index is -0.690. The number of esters is 1. The molecule has 8 heteroatoms. The SMILES string of the molecule is CC1=C[C@H]2C[C@H]1[C@@H]1C(=O)N(c3ccc(C(=O)OCC(=O)Nc4ccccc4Cl)cc3)C(=O)[C@H]12. The molecule has 2 aromatic carbocycles. The molecule has 3 amide bonds. The molecule has 0 radical (unpaired) electrons. The molecule has 2 aromatic rings. The van der Waals surface area contributed by atoms with E-state index in [2.05, 4.69) is 11.4 Å². The van der Waals surface area contributed by atoms with E-state index in [1.807, 2.05) is 6.92 Å². The van der Waals surface area contributed by atoms with E-state index in [1.165, 1.54) is 22.6 Å². The Morgan fingerprint density at radius 2 is 1.76 bits per heavy atom. The van der Waals surface area contributed by atoms with Crippen LogP contribution < -0.4 is 10.2 Å². The Hall–Kier alpha value is -3.45. The van der Waals surface area contributed by atoms with Gasteiger partial charge in [-0.2, -0.15) is 0 Å². The molecule has 1 aliphatic heterocycles. The number of hydrogen-bond acceptors (Lipinski definition) is 5. The predicted octanol–water partition coefficient (Wildman–Crippen LogP) is 3.84. The van der Waals surface area contributed by atoms with Crippen molar-refractivity contribution in [1.82, 2.24) is 0 Å². The summed E-state index contributed by atoms with van der Waals surface area (Å²) in [6.45, 7) is 1.55. The minimum Gasteiger partial charge on any atom is -0.452 e. The number of para-hydroxylation sites is 1. The van der Waals surface area contributed by atoms with E-state index >= 15 is 0 Å². The molecule has 7 nitrogen and oxygen atoms in total. The first kappa shape index (κ1) is 21.4. The highest BCUT2D eigenvalue weighted by molar-refractivity contribution is 6.33. The lowest BCUT2D eigenvalue weighted by molar-refractivity contribution is -0.123. The number of carbonyl (C=O) groups is 4. The second-order valence-corrected chi connectivity index (χ2v) is 9.04. The Morgan fingerprint density at radius 1 is 1.06 bits per heavy atom. The van der Waals surface area contributed by atoms with Crippen LogP contribution in [-0.4, -0.2) is 30.3 Å². The maximum atomic E-state index is 13.0. The number of halogens is 1. The highest BCUT2D eigenvalue weighted by atomic mass is 35.5. The van der Waals surface area contributed by atoms with Crippen molar-refractivity contribution in [2.75, 3.05) is 16.8 Å². The molecular formula is C25H21ClN2O5. The van der Waals surface area contributed by atoms with E-state index in [4.69, 9.17) is 16.3 Å². The van der Waals surface area contributed by atoms with Gasteiger partial charge in [0.2, 0.25) is 11.8 Å². The minimum absolute atomic E-state index is 0.132. The summed E-state index contributed by atoms with van der Waals surface area (Å²) in [6.07, 6.45) is 3.00. The van der Waals surface area contributed by atoms with Crippen molar-refractivity contribution < 1.29 is 23.9 Å². The van der Waals surface area contributed by atoms with E-state index in [9.17, 15) is 19.2 Å². The van der Waals surface area contributed by atoms with Crippen molar-refractivity contribution >= 4 is 46.7 Å². The summed E-state index contributed by atoms with van der Waals surface area (Å²) in [7, 11) is 0. The van der Waals surface area contributed by atoms with Gasteiger partial charge >= 0.3 is 5.97 Å². The van der Waals surface area contributed by atoms with Gasteiger partial charge in [0.15, 0.2) is 6.61 Å².